The number of nitrogens with zero attached hydrogens (tertiary/aromatic N) is 1. The van der Waals surface area contributed by atoms with E-state index in [-0.39, 0.29) is 0 Å². The summed E-state index contributed by atoms with van der Waals surface area (Å²) in [5.41, 5.74) is 3.56. The molecule has 2 aliphatic rings. The zero-order chi connectivity index (χ0) is 13.1. The van der Waals surface area contributed by atoms with E-state index in [9.17, 15) is 4.79 Å². The van der Waals surface area contributed by atoms with Crippen LogP contribution in [0, 0.1) is 5.92 Å². The largest absolute Gasteiger partial charge is 0.371 e. The number of carbonyl (C=O) groups is 1. The van der Waals surface area contributed by atoms with E-state index < -0.39 is 0 Å². The van der Waals surface area contributed by atoms with Crippen molar-refractivity contribution in [2.75, 3.05) is 18.0 Å². The molecule has 102 valence electrons. The first-order chi connectivity index (χ1) is 9.36. The molecule has 1 aliphatic heterocycles. The maximum atomic E-state index is 10.9. The molecule has 0 spiro atoms. The summed E-state index contributed by atoms with van der Waals surface area (Å²) in [6.45, 7) is 2.40. The maximum absolute atomic E-state index is 10.9. The Hall–Kier alpha value is -1.31. The number of carbonyl (C=O) groups excluding carboxylic acids is 1. The number of rotatable bonds is 3. The third-order valence-electron chi connectivity index (χ3n) is 4.66. The first-order valence-electron chi connectivity index (χ1n) is 7.70. The van der Waals surface area contributed by atoms with Crippen molar-refractivity contribution >= 4 is 12.0 Å². The molecule has 1 aliphatic carbocycles. The standard InChI is InChI=1S/C17H23NO/c19-13-15-8-9-17-16(11-15)7-4-10-18(17)12-14-5-2-1-3-6-14/h8-9,11,13-14H,1-7,10,12H2. The van der Waals surface area contributed by atoms with Crippen molar-refractivity contribution in [3.63, 3.8) is 0 Å². The highest BCUT2D eigenvalue weighted by molar-refractivity contribution is 5.77. The van der Waals surface area contributed by atoms with Crippen LogP contribution < -0.4 is 4.90 Å². The summed E-state index contributed by atoms with van der Waals surface area (Å²) < 4.78 is 0. The average Bonchev–Trinajstić information content (AvgIpc) is 2.48. The van der Waals surface area contributed by atoms with E-state index in [4.69, 9.17) is 0 Å². The van der Waals surface area contributed by atoms with Gasteiger partial charge in [0.15, 0.2) is 0 Å². The lowest BCUT2D eigenvalue weighted by atomic mass is 9.88. The molecule has 1 fully saturated rings. The third kappa shape index (κ3) is 2.83. The van der Waals surface area contributed by atoms with E-state index >= 15 is 0 Å². The van der Waals surface area contributed by atoms with E-state index in [1.807, 2.05) is 6.07 Å². The van der Waals surface area contributed by atoms with Crippen LogP contribution in [0.25, 0.3) is 0 Å². The molecule has 1 aromatic carbocycles. The molecule has 0 atom stereocenters. The molecule has 0 aromatic heterocycles. The van der Waals surface area contributed by atoms with Crippen LogP contribution in [-0.4, -0.2) is 19.4 Å². The molecule has 0 amide bonds. The van der Waals surface area contributed by atoms with Gasteiger partial charge >= 0.3 is 0 Å². The SMILES string of the molecule is O=Cc1ccc2c(c1)CCCN2CC1CCCCC1. The van der Waals surface area contributed by atoms with Gasteiger partial charge in [-0.2, -0.15) is 0 Å². The van der Waals surface area contributed by atoms with Crippen LogP contribution in [0.2, 0.25) is 0 Å². The van der Waals surface area contributed by atoms with E-state index in [0.717, 1.165) is 24.2 Å². The molecule has 3 rings (SSSR count). The predicted molar refractivity (Wildman–Crippen MR) is 78.9 cm³/mol. The summed E-state index contributed by atoms with van der Waals surface area (Å²) in [6, 6.07) is 6.20. The van der Waals surface area contributed by atoms with Crippen molar-refractivity contribution in [2.45, 2.75) is 44.9 Å². The van der Waals surface area contributed by atoms with Gasteiger partial charge < -0.3 is 4.90 Å². The van der Waals surface area contributed by atoms with Gasteiger partial charge in [-0.3, -0.25) is 4.79 Å². The minimum Gasteiger partial charge on any atom is -0.371 e. The summed E-state index contributed by atoms with van der Waals surface area (Å²) >= 11 is 0. The highest BCUT2D eigenvalue weighted by atomic mass is 16.1. The molecule has 19 heavy (non-hydrogen) atoms. The lowest BCUT2D eigenvalue weighted by molar-refractivity contribution is 0.112. The van der Waals surface area contributed by atoms with Crippen molar-refractivity contribution in [1.29, 1.82) is 0 Å². The maximum Gasteiger partial charge on any atom is 0.150 e. The Morgan fingerprint density at radius 3 is 2.79 bits per heavy atom. The third-order valence-corrected chi connectivity index (χ3v) is 4.66. The minimum atomic E-state index is 0.818. The summed E-state index contributed by atoms with van der Waals surface area (Å²) in [4.78, 5) is 13.4. The Morgan fingerprint density at radius 2 is 2.00 bits per heavy atom. The van der Waals surface area contributed by atoms with Crippen LogP contribution in [0.5, 0.6) is 0 Å². The lowest BCUT2D eigenvalue weighted by Gasteiger charge is -2.35. The fraction of sp³-hybridized carbons (Fsp3) is 0.588. The highest BCUT2D eigenvalue weighted by Gasteiger charge is 2.21. The van der Waals surface area contributed by atoms with E-state index in [1.54, 1.807) is 0 Å². The number of aryl methyl sites for hydroxylation is 1. The molecule has 0 saturated heterocycles. The van der Waals surface area contributed by atoms with Crippen LogP contribution in [0.3, 0.4) is 0 Å². The zero-order valence-electron chi connectivity index (χ0n) is 11.6. The van der Waals surface area contributed by atoms with E-state index in [2.05, 4.69) is 17.0 Å². The van der Waals surface area contributed by atoms with Crippen molar-refractivity contribution in [2.24, 2.45) is 5.92 Å². The van der Waals surface area contributed by atoms with Crippen LogP contribution in [0.15, 0.2) is 18.2 Å². The molecule has 0 radical (unpaired) electrons. The Kier molecular flexibility index (Phi) is 3.86. The van der Waals surface area contributed by atoms with Crippen molar-refractivity contribution < 1.29 is 4.79 Å². The van der Waals surface area contributed by atoms with E-state index in [1.165, 1.54) is 62.9 Å². The fourth-order valence-corrected chi connectivity index (χ4v) is 3.64. The normalized spacial score (nSPS) is 20.1. The minimum absolute atomic E-state index is 0.818. The molecule has 2 heteroatoms. The predicted octanol–water partition coefficient (Wildman–Crippen LogP) is 3.83. The fourth-order valence-electron chi connectivity index (χ4n) is 3.64. The van der Waals surface area contributed by atoms with E-state index in [0.29, 0.717) is 0 Å². The molecule has 0 bridgehead atoms. The average molecular weight is 257 g/mol. The van der Waals surface area contributed by atoms with Crippen molar-refractivity contribution in [3.8, 4) is 0 Å². The number of fused-ring (bicyclic) bond motifs is 1. The first kappa shape index (κ1) is 12.7. The summed E-state index contributed by atoms with van der Waals surface area (Å²) in [7, 11) is 0. The van der Waals surface area contributed by atoms with Gasteiger partial charge in [0, 0.05) is 24.3 Å². The van der Waals surface area contributed by atoms with Crippen molar-refractivity contribution in [3.05, 3.63) is 29.3 Å². The van der Waals surface area contributed by atoms with Gasteiger partial charge in [0.2, 0.25) is 0 Å². The summed E-state index contributed by atoms with van der Waals surface area (Å²) in [5.74, 6) is 0.880. The number of aldehydes is 1. The molecule has 1 saturated carbocycles. The number of anilines is 1. The first-order valence-corrected chi connectivity index (χ1v) is 7.70. The van der Waals surface area contributed by atoms with Crippen LogP contribution >= 0.6 is 0 Å². The Morgan fingerprint density at radius 1 is 1.16 bits per heavy atom. The molecule has 2 nitrogen and oxygen atoms in total. The van der Waals surface area contributed by atoms with Gasteiger partial charge in [0.05, 0.1) is 0 Å². The molecular weight excluding hydrogens is 234 g/mol. The number of hydrogen-bond donors (Lipinski definition) is 0. The monoisotopic (exact) mass is 257 g/mol. The van der Waals surface area contributed by atoms with Gasteiger partial charge in [-0.05, 0) is 55.4 Å². The Labute approximate surface area is 115 Å². The van der Waals surface area contributed by atoms with Gasteiger partial charge in [-0.1, -0.05) is 19.3 Å². The highest BCUT2D eigenvalue weighted by Crippen LogP contribution is 2.31. The second kappa shape index (κ2) is 5.77. The second-order valence-electron chi connectivity index (χ2n) is 6.06. The van der Waals surface area contributed by atoms with Gasteiger partial charge in [0.1, 0.15) is 6.29 Å². The van der Waals surface area contributed by atoms with Gasteiger partial charge in [-0.15, -0.1) is 0 Å². The lowest BCUT2D eigenvalue weighted by Crippen LogP contribution is -2.34. The molecule has 1 aromatic rings. The molecule has 0 unspecified atom stereocenters. The van der Waals surface area contributed by atoms with Crippen LogP contribution in [0.1, 0.15) is 54.4 Å². The second-order valence-corrected chi connectivity index (χ2v) is 6.06. The topological polar surface area (TPSA) is 20.3 Å². The molecular formula is C17H23NO. The molecule has 1 heterocycles. The Bertz CT molecular complexity index is 449. The zero-order valence-corrected chi connectivity index (χ0v) is 11.6. The smallest absolute Gasteiger partial charge is 0.150 e. The van der Waals surface area contributed by atoms with Gasteiger partial charge in [-0.25, -0.2) is 0 Å². The molecule has 0 N–H and O–H groups in total. The van der Waals surface area contributed by atoms with Crippen molar-refractivity contribution in [1.82, 2.24) is 0 Å². The van der Waals surface area contributed by atoms with Crippen LogP contribution in [-0.2, 0) is 6.42 Å². The van der Waals surface area contributed by atoms with Crippen LogP contribution in [0.4, 0.5) is 5.69 Å². The quantitative estimate of drug-likeness (QED) is 0.767. The summed E-state index contributed by atoms with van der Waals surface area (Å²) in [5, 5.41) is 0. The Balaban J connectivity index is 1.75. The van der Waals surface area contributed by atoms with Gasteiger partial charge in [0.25, 0.3) is 0 Å². The number of benzene rings is 1. The summed E-state index contributed by atoms with van der Waals surface area (Å²) in [6.07, 6.45) is 10.4. The number of hydrogen-bond acceptors (Lipinski definition) is 2.